The minimum absolute atomic E-state index is 0.00722. The Balaban J connectivity index is 2.03. The van der Waals surface area contributed by atoms with Crippen LogP contribution in [0, 0.1) is 5.92 Å². The highest BCUT2D eigenvalue weighted by Crippen LogP contribution is 2.33. The van der Waals surface area contributed by atoms with Crippen LogP contribution in [0.4, 0.5) is 0 Å². The number of hydrogen-bond acceptors (Lipinski definition) is 4. The number of nitrogens with zero attached hydrogens (tertiary/aromatic N) is 2. The predicted molar refractivity (Wildman–Crippen MR) is 80.6 cm³/mol. The summed E-state index contributed by atoms with van der Waals surface area (Å²) in [4.78, 5) is 0. The lowest BCUT2D eigenvalue weighted by atomic mass is 9.78. The van der Waals surface area contributed by atoms with Crippen molar-refractivity contribution < 1.29 is 13.5 Å². The van der Waals surface area contributed by atoms with Crippen molar-refractivity contribution in [2.75, 3.05) is 6.54 Å². The second kappa shape index (κ2) is 6.24. The van der Waals surface area contributed by atoms with Gasteiger partial charge in [-0.05, 0) is 31.6 Å². The lowest BCUT2D eigenvalue weighted by molar-refractivity contribution is -0.00444. The molecule has 1 fully saturated rings. The average molecular weight is 336 g/mol. The van der Waals surface area contributed by atoms with Gasteiger partial charge in [0.05, 0.1) is 16.8 Å². The highest BCUT2D eigenvalue weighted by molar-refractivity contribution is 7.89. The summed E-state index contributed by atoms with van der Waals surface area (Å²) in [5.74, 6) is 0.633. The molecule has 2 rings (SSSR count). The Bertz CT molecular complexity index is 572. The van der Waals surface area contributed by atoms with Gasteiger partial charge in [0.25, 0.3) is 10.0 Å². The summed E-state index contributed by atoms with van der Waals surface area (Å²) in [5.41, 5.74) is -0.968. The lowest BCUT2D eigenvalue weighted by Gasteiger charge is -2.35. The molecule has 0 radical (unpaired) electrons. The summed E-state index contributed by atoms with van der Waals surface area (Å²) in [6.45, 7) is 2.15. The largest absolute Gasteiger partial charge is 0.389 e. The van der Waals surface area contributed by atoms with Gasteiger partial charge in [0.2, 0.25) is 0 Å². The summed E-state index contributed by atoms with van der Waals surface area (Å²) in [7, 11) is -2.26. The van der Waals surface area contributed by atoms with E-state index < -0.39 is 15.6 Å². The normalized spacial score (nSPS) is 27.0. The maximum absolute atomic E-state index is 12.3. The maximum Gasteiger partial charge on any atom is 0.259 e. The number of rotatable bonds is 5. The third-order valence-electron chi connectivity index (χ3n) is 4.30. The van der Waals surface area contributed by atoms with Crippen LogP contribution in [0.3, 0.4) is 0 Å². The molecule has 2 N–H and O–H groups in total. The van der Waals surface area contributed by atoms with Crippen LogP contribution in [0.25, 0.3) is 0 Å². The topological polar surface area (TPSA) is 84.2 Å². The molecule has 1 aromatic rings. The third kappa shape index (κ3) is 3.77. The van der Waals surface area contributed by atoms with E-state index in [1.165, 1.54) is 17.9 Å². The van der Waals surface area contributed by atoms with Gasteiger partial charge < -0.3 is 5.11 Å². The van der Waals surface area contributed by atoms with Crippen molar-refractivity contribution in [2.45, 2.75) is 49.7 Å². The van der Waals surface area contributed by atoms with Crippen LogP contribution in [-0.4, -0.2) is 35.5 Å². The summed E-state index contributed by atoms with van der Waals surface area (Å²) in [5, 5.41) is 14.3. The van der Waals surface area contributed by atoms with Crippen molar-refractivity contribution in [3.63, 3.8) is 0 Å². The number of sulfonamides is 1. The highest BCUT2D eigenvalue weighted by Gasteiger charge is 2.34. The molecule has 0 saturated heterocycles. The summed E-state index contributed by atoms with van der Waals surface area (Å²) >= 11 is 5.86. The van der Waals surface area contributed by atoms with Crippen molar-refractivity contribution in [1.82, 2.24) is 14.5 Å². The second-order valence-electron chi connectivity index (χ2n) is 5.82. The van der Waals surface area contributed by atoms with Gasteiger partial charge in [-0.3, -0.25) is 4.68 Å². The Hall–Kier alpha value is -0.630. The van der Waals surface area contributed by atoms with E-state index in [0.717, 1.165) is 19.3 Å². The molecule has 0 amide bonds. The van der Waals surface area contributed by atoms with E-state index in [-0.39, 0.29) is 16.6 Å². The number of nitrogens with one attached hydrogen (secondary N) is 1. The molecule has 0 aromatic carbocycles. The van der Waals surface area contributed by atoms with Crippen LogP contribution in [0.1, 0.15) is 39.0 Å². The van der Waals surface area contributed by atoms with Crippen molar-refractivity contribution >= 4 is 21.6 Å². The molecular weight excluding hydrogens is 314 g/mol. The quantitative estimate of drug-likeness (QED) is 0.857. The highest BCUT2D eigenvalue weighted by atomic mass is 35.5. The predicted octanol–water partition coefficient (Wildman–Crippen LogP) is 1.68. The van der Waals surface area contributed by atoms with E-state index in [0.29, 0.717) is 18.8 Å². The van der Waals surface area contributed by atoms with Crippen LogP contribution in [0.5, 0.6) is 0 Å². The number of aryl methyl sites for hydroxylation is 1. The number of aromatic nitrogens is 2. The van der Waals surface area contributed by atoms with Crippen LogP contribution >= 0.6 is 11.6 Å². The third-order valence-corrected chi connectivity index (χ3v) is 6.21. The molecule has 0 atom stereocenters. The number of aliphatic hydroxyl groups is 1. The van der Waals surface area contributed by atoms with Gasteiger partial charge in [-0.25, -0.2) is 13.1 Å². The van der Waals surface area contributed by atoms with E-state index in [4.69, 9.17) is 11.6 Å². The van der Waals surface area contributed by atoms with E-state index in [1.54, 1.807) is 0 Å². The van der Waals surface area contributed by atoms with E-state index >= 15 is 0 Å². The minimum atomic E-state index is -3.78. The molecule has 0 aliphatic heterocycles. The average Bonchev–Trinajstić information content (AvgIpc) is 2.78. The van der Waals surface area contributed by atoms with Gasteiger partial charge in [0.1, 0.15) is 0 Å². The Kier molecular flexibility index (Phi) is 4.97. The van der Waals surface area contributed by atoms with E-state index in [2.05, 4.69) is 16.7 Å². The monoisotopic (exact) mass is 335 g/mol. The Morgan fingerprint density at radius 2 is 2.14 bits per heavy atom. The van der Waals surface area contributed by atoms with Crippen molar-refractivity contribution in [3.8, 4) is 0 Å². The van der Waals surface area contributed by atoms with Crippen molar-refractivity contribution in [2.24, 2.45) is 13.0 Å². The number of halogens is 1. The number of hydrogen-bond donors (Lipinski definition) is 2. The van der Waals surface area contributed by atoms with Crippen LogP contribution in [0.2, 0.25) is 5.02 Å². The molecule has 0 bridgehead atoms. The first-order valence-corrected chi connectivity index (χ1v) is 9.03. The Labute approximate surface area is 130 Å². The Morgan fingerprint density at radius 1 is 1.52 bits per heavy atom. The van der Waals surface area contributed by atoms with E-state index in [1.807, 2.05) is 0 Å². The molecule has 1 aliphatic carbocycles. The van der Waals surface area contributed by atoms with Gasteiger partial charge in [0.15, 0.2) is 5.03 Å². The standard InChI is InChI=1S/C13H22ClN3O3S/c1-3-10-4-6-13(18,7-5-10)9-16-21(19,20)12-11(14)8-15-17(12)2/h8,10,16,18H,3-7,9H2,1-2H3. The Morgan fingerprint density at radius 3 is 2.62 bits per heavy atom. The molecule has 1 saturated carbocycles. The first-order chi connectivity index (χ1) is 9.77. The summed E-state index contributed by atoms with van der Waals surface area (Å²) in [6, 6.07) is 0. The first kappa shape index (κ1) is 16.7. The first-order valence-electron chi connectivity index (χ1n) is 7.17. The van der Waals surface area contributed by atoms with Gasteiger partial charge >= 0.3 is 0 Å². The molecule has 6 nitrogen and oxygen atoms in total. The van der Waals surface area contributed by atoms with Gasteiger partial charge in [-0.15, -0.1) is 0 Å². The van der Waals surface area contributed by atoms with Gasteiger partial charge in [-0.1, -0.05) is 24.9 Å². The van der Waals surface area contributed by atoms with Gasteiger partial charge in [0, 0.05) is 13.6 Å². The molecule has 1 aromatic heterocycles. The zero-order valence-electron chi connectivity index (χ0n) is 12.3. The molecule has 1 aliphatic rings. The summed E-state index contributed by atoms with van der Waals surface area (Å²) in [6.07, 6.45) is 5.49. The zero-order valence-corrected chi connectivity index (χ0v) is 13.9. The molecule has 120 valence electrons. The van der Waals surface area contributed by atoms with Crippen LogP contribution in [-0.2, 0) is 17.1 Å². The molecule has 21 heavy (non-hydrogen) atoms. The minimum Gasteiger partial charge on any atom is -0.389 e. The van der Waals surface area contributed by atoms with Crippen molar-refractivity contribution in [3.05, 3.63) is 11.2 Å². The molecule has 0 spiro atoms. The van der Waals surface area contributed by atoms with Crippen LogP contribution in [0.15, 0.2) is 11.2 Å². The smallest absolute Gasteiger partial charge is 0.259 e. The maximum atomic E-state index is 12.3. The van der Waals surface area contributed by atoms with E-state index in [9.17, 15) is 13.5 Å². The lowest BCUT2D eigenvalue weighted by Crippen LogP contribution is -2.45. The fraction of sp³-hybridized carbons (Fsp3) is 0.769. The fourth-order valence-electron chi connectivity index (χ4n) is 2.80. The molecule has 8 heteroatoms. The zero-order chi connectivity index (χ0) is 15.7. The second-order valence-corrected chi connectivity index (χ2v) is 7.91. The fourth-order valence-corrected chi connectivity index (χ4v) is 4.57. The van der Waals surface area contributed by atoms with Crippen molar-refractivity contribution in [1.29, 1.82) is 0 Å². The van der Waals surface area contributed by atoms with Crippen LogP contribution < -0.4 is 4.72 Å². The SMILES string of the molecule is CCC1CCC(O)(CNS(=O)(=O)c2c(Cl)cnn2C)CC1. The molecular formula is C13H22ClN3O3S. The van der Waals surface area contributed by atoms with Gasteiger partial charge in [-0.2, -0.15) is 5.10 Å². The molecule has 1 heterocycles. The summed E-state index contributed by atoms with van der Waals surface area (Å²) < 4.78 is 28.2. The molecule has 0 unspecified atom stereocenters.